The first-order chi connectivity index (χ1) is 7.66. The van der Waals surface area contributed by atoms with E-state index in [0.29, 0.717) is 0 Å². The van der Waals surface area contributed by atoms with Crippen LogP contribution in [0, 0.1) is 15.5 Å². The van der Waals surface area contributed by atoms with Crippen molar-refractivity contribution in [3.05, 3.63) is 38.3 Å². The highest BCUT2D eigenvalue weighted by atomic mass is 35.5. The number of halogens is 5. The number of benzene rings is 1. The SMILES string of the molecule is F[B-](F)(F)F.N#[N+]c1cccc([N+](=O)[O-])c1Cl. The highest BCUT2D eigenvalue weighted by Crippen LogP contribution is 2.33. The van der Waals surface area contributed by atoms with Crippen LogP contribution in [0.2, 0.25) is 5.02 Å². The summed E-state index contributed by atoms with van der Waals surface area (Å²) in [5.74, 6) is 0. The Morgan fingerprint density at radius 2 is 1.82 bits per heavy atom. The van der Waals surface area contributed by atoms with Gasteiger partial charge in [0.2, 0.25) is 10.4 Å². The fraction of sp³-hybridized carbons (Fsp3) is 0. The van der Waals surface area contributed by atoms with Crippen molar-refractivity contribution in [1.29, 1.82) is 5.39 Å². The molecule has 0 amide bonds. The molecule has 0 saturated heterocycles. The summed E-state index contributed by atoms with van der Waals surface area (Å²) in [6.07, 6.45) is 0. The second kappa shape index (κ2) is 6.00. The van der Waals surface area contributed by atoms with Crippen molar-refractivity contribution in [1.82, 2.24) is 0 Å². The Morgan fingerprint density at radius 1 is 1.35 bits per heavy atom. The Bertz CT molecular complexity index is 456. The molecule has 1 aromatic rings. The Hall–Kier alpha value is -1.89. The zero-order valence-electron chi connectivity index (χ0n) is 7.86. The third kappa shape index (κ3) is 6.31. The molecule has 0 aromatic heterocycles. The second-order valence-electron chi connectivity index (χ2n) is 2.46. The van der Waals surface area contributed by atoms with Crippen LogP contribution < -0.4 is 0 Å². The van der Waals surface area contributed by atoms with E-state index in [2.05, 4.69) is 4.98 Å². The van der Waals surface area contributed by atoms with E-state index in [0.717, 1.165) is 0 Å². The number of nitrogens with zero attached hydrogens (tertiary/aromatic N) is 3. The molecule has 0 aliphatic carbocycles. The molecule has 11 heteroatoms. The predicted molar refractivity (Wildman–Crippen MR) is 53.0 cm³/mol. The van der Waals surface area contributed by atoms with Gasteiger partial charge in [0.1, 0.15) is 0 Å². The summed E-state index contributed by atoms with van der Waals surface area (Å²) in [6.45, 7) is 0. The minimum Gasteiger partial charge on any atom is -0.418 e. The molecule has 0 aliphatic rings. The van der Waals surface area contributed by atoms with E-state index in [1.165, 1.54) is 18.2 Å². The van der Waals surface area contributed by atoms with Crippen LogP contribution in [0.4, 0.5) is 28.6 Å². The van der Waals surface area contributed by atoms with Gasteiger partial charge < -0.3 is 17.3 Å². The fourth-order valence-corrected chi connectivity index (χ4v) is 0.959. The van der Waals surface area contributed by atoms with Crippen LogP contribution >= 0.6 is 11.6 Å². The zero-order chi connectivity index (χ0) is 13.6. The van der Waals surface area contributed by atoms with Gasteiger partial charge in [0.25, 0.3) is 5.69 Å². The number of nitro groups is 1. The van der Waals surface area contributed by atoms with E-state index in [1.807, 2.05) is 0 Å². The van der Waals surface area contributed by atoms with E-state index in [4.69, 9.17) is 17.0 Å². The highest BCUT2D eigenvalue weighted by Gasteiger charge is 2.22. The molecular weight excluding hydrogens is 268 g/mol. The van der Waals surface area contributed by atoms with Crippen LogP contribution in [-0.2, 0) is 0 Å². The van der Waals surface area contributed by atoms with Crippen LogP contribution in [0.5, 0.6) is 0 Å². The van der Waals surface area contributed by atoms with Gasteiger partial charge in [-0.15, -0.1) is 0 Å². The minimum atomic E-state index is -6.00. The normalized spacial score (nSPS) is 9.88. The lowest BCUT2D eigenvalue weighted by atomic mass is 10.3. The summed E-state index contributed by atoms with van der Waals surface area (Å²) in [7, 11) is -6.00. The summed E-state index contributed by atoms with van der Waals surface area (Å²) < 4.78 is 39.0. The number of hydrogen-bond acceptors (Lipinski definition) is 3. The van der Waals surface area contributed by atoms with E-state index in [9.17, 15) is 27.4 Å². The van der Waals surface area contributed by atoms with Crippen molar-refractivity contribution in [3.63, 3.8) is 0 Å². The smallest absolute Gasteiger partial charge is 0.418 e. The van der Waals surface area contributed by atoms with Gasteiger partial charge in [-0.3, -0.25) is 10.1 Å². The molecule has 1 aromatic carbocycles. The lowest BCUT2D eigenvalue weighted by Crippen LogP contribution is -2.02. The van der Waals surface area contributed by atoms with Crippen molar-refractivity contribution in [2.75, 3.05) is 0 Å². The molecule has 0 unspecified atom stereocenters. The third-order valence-corrected chi connectivity index (χ3v) is 1.65. The second-order valence-corrected chi connectivity index (χ2v) is 2.84. The van der Waals surface area contributed by atoms with E-state index >= 15 is 0 Å². The summed E-state index contributed by atoms with van der Waals surface area (Å²) in [5, 5.41) is 18.5. The van der Waals surface area contributed by atoms with Gasteiger partial charge in [0.15, 0.2) is 4.98 Å². The van der Waals surface area contributed by atoms with Crippen LogP contribution in [0.3, 0.4) is 0 Å². The first-order valence-electron chi connectivity index (χ1n) is 3.82. The van der Waals surface area contributed by atoms with Crippen molar-refractivity contribution < 1.29 is 22.2 Å². The maximum Gasteiger partial charge on any atom is 0.673 e. The molecule has 92 valence electrons. The van der Waals surface area contributed by atoms with Gasteiger partial charge in [0, 0.05) is 12.1 Å². The van der Waals surface area contributed by atoms with Crippen molar-refractivity contribution >= 4 is 30.2 Å². The summed E-state index contributed by atoms with van der Waals surface area (Å²) in [6, 6.07) is 3.99. The highest BCUT2D eigenvalue weighted by molar-refractivity contribution is 6.50. The number of hydrogen-bond donors (Lipinski definition) is 0. The van der Waals surface area contributed by atoms with Crippen molar-refractivity contribution in [2.24, 2.45) is 0 Å². The quantitative estimate of drug-likeness (QED) is 0.254. The molecule has 0 heterocycles. The molecule has 1 rings (SSSR count). The van der Waals surface area contributed by atoms with Gasteiger partial charge >= 0.3 is 12.9 Å². The van der Waals surface area contributed by atoms with Gasteiger partial charge in [-0.05, 0) is 6.07 Å². The third-order valence-electron chi connectivity index (χ3n) is 1.26. The largest absolute Gasteiger partial charge is 0.673 e. The van der Waals surface area contributed by atoms with Crippen molar-refractivity contribution in [3.8, 4) is 0 Å². The Labute approximate surface area is 96.9 Å². The van der Waals surface area contributed by atoms with Gasteiger partial charge in [-0.25, -0.2) is 0 Å². The van der Waals surface area contributed by atoms with Gasteiger partial charge in [0.05, 0.1) is 4.92 Å². The van der Waals surface area contributed by atoms with E-state index in [-0.39, 0.29) is 16.4 Å². The molecule has 0 saturated carbocycles. The van der Waals surface area contributed by atoms with E-state index < -0.39 is 12.2 Å². The summed E-state index contributed by atoms with van der Waals surface area (Å²) in [4.78, 5) is 12.4. The molecule has 0 fully saturated rings. The maximum absolute atomic E-state index is 10.3. The van der Waals surface area contributed by atoms with Crippen molar-refractivity contribution in [2.45, 2.75) is 0 Å². The lowest BCUT2D eigenvalue weighted by molar-refractivity contribution is -0.384. The molecule has 0 bridgehead atoms. The molecule has 0 N–H and O–H groups in total. The lowest BCUT2D eigenvalue weighted by Gasteiger charge is -1.94. The molecule has 5 nitrogen and oxygen atoms in total. The fourth-order valence-electron chi connectivity index (χ4n) is 0.726. The predicted octanol–water partition coefficient (Wildman–Crippen LogP) is 4.03. The van der Waals surface area contributed by atoms with Gasteiger partial charge in [-0.1, -0.05) is 11.6 Å². The Morgan fingerprint density at radius 3 is 2.18 bits per heavy atom. The van der Waals surface area contributed by atoms with E-state index in [1.54, 1.807) is 0 Å². The first kappa shape index (κ1) is 15.1. The van der Waals surface area contributed by atoms with Crippen LogP contribution in [0.25, 0.3) is 4.98 Å². The maximum atomic E-state index is 10.3. The Kier molecular flexibility index (Phi) is 5.33. The number of rotatable bonds is 1. The monoisotopic (exact) mass is 271 g/mol. The topological polar surface area (TPSA) is 71.3 Å². The zero-order valence-corrected chi connectivity index (χ0v) is 8.61. The molecule has 17 heavy (non-hydrogen) atoms. The van der Waals surface area contributed by atoms with Crippen LogP contribution in [0.15, 0.2) is 18.2 Å². The average molecular weight is 271 g/mol. The minimum absolute atomic E-state index is 0.00846. The summed E-state index contributed by atoms with van der Waals surface area (Å²) >= 11 is 5.51. The Balaban J connectivity index is 0.000000437. The number of diazo groups is 1. The van der Waals surface area contributed by atoms with Crippen LogP contribution in [-0.4, -0.2) is 12.2 Å². The van der Waals surface area contributed by atoms with Crippen LogP contribution in [0.1, 0.15) is 0 Å². The standard InChI is InChI=1S/C6H3ClN3O2.BF4/c7-6-4(9-8)2-1-3-5(6)10(11)12;2-1(3,4)5/h1-3H;/q+1;-1. The molecule has 0 radical (unpaired) electrons. The molecule has 0 atom stereocenters. The summed E-state index contributed by atoms with van der Waals surface area (Å²) in [5.41, 5.74) is -0.280. The average Bonchev–Trinajstić information content (AvgIpc) is 2.15. The molecular formula is C6H3BClF4N3O2. The molecule has 0 aliphatic heterocycles. The van der Waals surface area contributed by atoms with Gasteiger partial charge in [-0.2, -0.15) is 0 Å². The molecule has 0 spiro atoms. The number of nitro benzene ring substituents is 1. The first-order valence-corrected chi connectivity index (χ1v) is 4.20.